The number of anilines is 2. The molecule has 5 nitrogen and oxygen atoms in total. The summed E-state index contributed by atoms with van der Waals surface area (Å²) in [6.45, 7) is 7.42. The minimum atomic E-state index is -0.107. The molecule has 0 bridgehead atoms. The Labute approximate surface area is 142 Å². The number of hydrogen-bond donors (Lipinski definition) is 2. The van der Waals surface area contributed by atoms with E-state index in [0.717, 1.165) is 30.2 Å². The lowest BCUT2D eigenvalue weighted by atomic mass is 10.2. The second kappa shape index (κ2) is 8.15. The van der Waals surface area contributed by atoms with Gasteiger partial charge in [-0.1, -0.05) is 0 Å². The van der Waals surface area contributed by atoms with Crippen LogP contribution in [0.3, 0.4) is 0 Å². The van der Waals surface area contributed by atoms with Gasteiger partial charge in [0.05, 0.1) is 5.69 Å². The van der Waals surface area contributed by atoms with Crippen molar-refractivity contribution in [1.82, 2.24) is 0 Å². The van der Waals surface area contributed by atoms with Crippen molar-refractivity contribution in [1.29, 1.82) is 0 Å². The van der Waals surface area contributed by atoms with Crippen molar-refractivity contribution in [3.8, 4) is 5.75 Å². The van der Waals surface area contributed by atoms with Gasteiger partial charge in [0.25, 0.3) is 0 Å². The number of aromatic hydroxyl groups is 1. The fraction of sp³-hybridized carbons (Fsp3) is 0.263. The lowest BCUT2D eigenvalue weighted by Gasteiger charge is -2.21. The molecule has 2 aromatic carbocycles. The summed E-state index contributed by atoms with van der Waals surface area (Å²) in [5.41, 5.74) is 3.13. The van der Waals surface area contributed by atoms with E-state index in [0.29, 0.717) is 5.56 Å². The van der Waals surface area contributed by atoms with E-state index in [4.69, 9.17) is 0 Å². The summed E-state index contributed by atoms with van der Waals surface area (Å²) < 4.78 is 0. The van der Waals surface area contributed by atoms with Crippen LogP contribution in [-0.2, 0) is 4.79 Å². The summed E-state index contributed by atoms with van der Waals surface area (Å²) in [6, 6.07) is 12.8. The van der Waals surface area contributed by atoms with Crippen molar-refractivity contribution in [2.24, 2.45) is 4.99 Å². The molecule has 1 amide bonds. The minimum Gasteiger partial charge on any atom is -0.507 e. The van der Waals surface area contributed by atoms with Gasteiger partial charge in [-0.05, 0) is 50.2 Å². The Kier molecular flexibility index (Phi) is 5.95. The highest BCUT2D eigenvalue weighted by Gasteiger charge is 2.05. The van der Waals surface area contributed by atoms with E-state index in [2.05, 4.69) is 29.1 Å². The van der Waals surface area contributed by atoms with Crippen LogP contribution in [0.15, 0.2) is 47.5 Å². The van der Waals surface area contributed by atoms with Crippen molar-refractivity contribution >= 4 is 29.2 Å². The van der Waals surface area contributed by atoms with Gasteiger partial charge in [0.2, 0.25) is 5.91 Å². The zero-order valence-corrected chi connectivity index (χ0v) is 14.3. The largest absolute Gasteiger partial charge is 0.507 e. The van der Waals surface area contributed by atoms with Gasteiger partial charge in [0.1, 0.15) is 5.75 Å². The Hall–Kier alpha value is -2.82. The number of phenols is 1. The first-order valence-corrected chi connectivity index (χ1v) is 8.03. The highest BCUT2D eigenvalue weighted by Crippen LogP contribution is 2.24. The monoisotopic (exact) mass is 325 g/mol. The summed E-state index contributed by atoms with van der Waals surface area (Å²) in [6.07, 6.45) is 1.63. The van der Waals surface area contributed by atoms with Crippen LogP contribution in [-0.4, -0.2) is 30.3 Å². The number of amides is 1. The van der Waals surface area contributed by atoms with E-state index >= 15 is 0 Å². The van der Waals surface area contributed by atoms with E-state index in [1.165, 1.54) is 6.92 Å². The molecule has 2 N–H and O–H groups in total. The number of benzene rings is 2. The molecule has 5 heteroatoms. The van der Waals surface area contributed by atoms with Gasteiger partial charge in [-0.15, -0.1) is 0 Å². The Morgan fingerprint density at radius 1 is 1.17 bits per heavy atom. The zero-order chi connectivity index (χ0) is 17.5. The Bertz CT molecular complexity index is 720. The molecule has 0 heterocycles. The molecule has 0 spiro atoms. The van der Waals surface area contributed by atoms with Gasteiger partial charge in [-0.25, -0.2) is 0 Å². The minimum absolute atomic E-state index is 0.107. The second-order valence-electron chi connectivity index (χ2n) is 5.40. The van der Waals surface area contributed by atoms with E-state index in [-0.39, 0.29) is 11.7 Å². The zero-order valence-electron chi connectivity index (χ0n) is 14.3. The molecule has 0 fully saturated rings. The lowest BCUT2D eigenvalue weighted by molar-refractivity contribution is -0.114. The molecule has 0 aliphatic rings. The third-order valence-electron chi connectivity index (χ3n) is 3.68. The van der Waals surface area contributed by atoms with E-state index < -0.39 is 0 Å². The number of hydrogen-bond acceptors (Lipinski definition) is 4. The molecule has 0 atom stereocenters. The summed E-state index contributed by atoms with van der Waals surface area (Å²) in [7, 11) is 0. The second-order valence-corrected chi connectivity index (χ2v) is 5.40. The Balaban J connectivity index is 2.12. The quantitative estimate of drug-likeness (QED) is 0.790. The lowest BCUT2D eigenvalue weighted by Crippen LogP contribution is -2.21. The normalized spacial score (nSPS) is 10.8. The van der Waals surface area contributed by atoms with Crippen LogP contribution in [0.1, 0.15) is 26.3 Å². The molecular formula is C19H23N3O2. The molecule has 0 aliphatic heterocycles. The van der Waals surface area contributed by atoms with Gasteiger partial charge in [0, 0.05) is 49.2 Å². The van der Waals surface area contributed by atoms with Gasteiger partial charge in [-0.3, -0.25) is 9.79 Å². The van der Waals surface area contributed by atoms with Gasteiger partial charge in [-0.2, -0.15) is 0 Å². The molecule has 126 valence electrons. The average Bonchev–Trinajstić information content (AvgIpc) is 2.56. The highest BCUT2D eigenvalue weighted by molar-refractivity contribution is 5.89. The summed E-state index contributed by atoms with van der Waals surface area (Å²) in [5.74, 6) is 0.0995. The fourth-order valence-corrected chi connectivity index (χ4v) is 2.40. The first-order chi connectivity index (χ1) is 11.5. The van der Waals surface area contributed by atoms with Crippen LogP contribution in [0.2, 0.25) is 0 Å². The van der Waals surface area contributed by atoms with E-state index in [9.17, 15) is 9.90 Å². The fourth-order valence-electron chi connectivity index (χ4n) is 2.40. The van der Waals surface area contributed by atoms with Crippen LogP contribution in [0, 0.1) is 0 Å². The van der Waals surface area contributed by atoms with Crippen molar-refractivity contribution in [3.63, 3.8) is 0 Å². The third-order valence-corrected chi connectivity index (χ3v) is 3.68. The molecular weight excluding hydrogens is 302 g/mol. The molecule has 2 rings (SSSR count). The number of aliphatic imine (C=N–C) groups is 1. The standard InChI is InChI=1S/C19H23N3O2/c1-4-22(5-2)18-11-6-15(19(24)12-18)13-20-16-7-9-17(10-8-16)21-14(3)23/h6-13,24H,4-5H2,1-3H3,(H,21,23). The SMILES string of the molecule is CCN(CC)c1ccc(C=Nc2ccc(NC(C)=O)cc2)c(O)c1. The number of rotatable bonds is 6. The maximum atomic E-state index is 11.0. The van der Waals surface area contributed by atoms with Crippen molar-refractivity contribution < 1.29 is 9.90 Å². The maximum Gasteiger partial charge on any atom is 0.221 e. The van der Waals surface area contributed by atoms with Crippen LogP contribution in [0.4, 0.5) is 17.1 Å². The summed E-state index contributed by atoms with van der Waals surface area (Å²) in [4.78, 5) is 17.5. The van der Waals surface area contributed by atoms with Gasteiger partial charge in [0.15, 0.2) is 0 Å². The third kappa shape index (κ3) is 4.59. The summed E-state index contributed by atoms with van der Waals surface area (Å²) in [5, 5.41) is 12.9. The number of phenolic OH excluding ortho intramolecular Hbond substituents is 1. The van der Waals surface area contributed by atoms with E-state index in [1.807, 2.05) is 24.3 Å². The Morgan fingerprint density at radius 3 is 2.38 bits per heavy atom. The molecule has 2 aromatic rings. The molecule has 0 aromatic heterocycles. The topological polar surface area (TPSA) is 64.9 Å². The number of carbonyl (C=O) groups excluding carboxylic acids is 1. The molecule has 0 radical (unpaired) electrons. The van der Waals surface area contributed by atoms with Crippen LogP contribution >= 0.6 is 0 Å². The summed E-state index contributed by atoms with van der Waals surface area (Å²) >= 11 is 0. The van der Waals surface area contributed by atoms with Crippen LogP contribution in [0.5, 0.6) is 5.75 Å². The van der Waals surface area contributed by atoms with Crippen LogP contribution < -0.4 is 10.2 Å². The predicted molar refractivity (Wildman–Crippen MR) is 99.7 cm³/mol. The molecule has 0 unspecified atom stereocenters. The smallest absolute Gasteiger partial charge is 0.221 e. The van der Waals surface area contributed by atoms with Crippen molar-refractivity contribution in [2.75, 3.05) is 23.3 Å². The molecule has 0 aliphatic carbocycles. The predicted octanol–water partition coefficient (Wildman–Crippen LogP) is 3.95. The van der Waals surface area contributed by atoms with Crippen molar-refractivity contribution in [2.45, 2.75) is 20.8 Å². The van der Waals surface area contributed by atoms with Gasteiger partial charge < -0.3 is 15.3 Å². The average molecular weight is 325 g/mol. The van der Waals surface area contributed by atoms with Crippen molar-refractivity contribution in [3.05, 3.63) is 48.0 Å². The van der Waals surface area contributed by atoms with E-state index in [1.54, 1.807) is 24.4 Å². The van der Waals surface area contributed by atoms with Gasteiger partial charge >= 0.3 is 0 Å². The van der Waals surface area contributed by atoms with Crippen LogP contribution in [0.25, 0.3) is 0 Å². The first kappa shape index (κ1) is 17.5. The number of carbonyl (C=O) groups is 1. The molecule has 0 saturated carbocycles. The first-order valence-electron chi connectivity index (χ1n) is 8.03. The maximum absolute atomic E-state index is 11.0. The Morgan fingerprint density at radius 2 is 1.83 bits per heavy atom. The number of nitrogens with one attached hydrogen (secondary N) is 1. The highest BCUT2D eigenvalue weighted by atomic mass is 16.3. The number of nitrogens with zero attached hydrogens (tertiary/aromatic N) is 2. The molecule has 0 saturated heterocycles. The molecule has 24 heavy (non-hydrogen) atoms.